The fourth-order valence-corrected chi connectivity index (χ4v) is 2.70. The molecule has 0 aliphatic heterocycles. The summed E-state index contributed by atoms with van der Waals surface area (Å²) in [5.41, 5.74) is 1.63. The van der Waals surface area contributed by atoms with Crippen LogP contribution < -0.4 is 15.7 Å². The highest BCUT2D eigenvalue weighted by Gasteiger charge is 2.17. The molecule has 0 spiro atoms. The zero-order valence-corrected chi connectivity index (χ0v) is 14.3. The average Bonchev–Trinajstić information content (AvgIpc) is 2.62. The first-order valence-corrected chi connectivity index (χ1v) is 7.98. The maximum absolute atomic E-state index is 12.5. The van der Waals surface area contributed by atoms with Crippen molar-refractivity contribution >= 4 is 16.9 Å². The maximum atomic E-state index is 12.5. The zero-order valence-electron chi connectivity index (χ0n) is 14.3. The van der Waals surface area contributed by atoms with Crippen molar-refractivity contribution < 1.29 is 13.9 Å². The van der Waals surface area contributed by atoms with Crippen LogP contribution in [0.25, 0.3) is 11.0 Å². The summed E-state index contributed by atoms with van der Waals surface area (Å²) in [5.74, 6) is 0.285. The molecule has 0 radical (unpaired) electrons. The number of carbonyl (C=O) groups excluding carboxylic acids is 1. The topological polar surface area (TPSA) is 68.5 Å². The van der Waals surface area contributed by atoms with E-state index < -0.39 is 11.5 Å². The number of carbonyl (C=O) groups is 1. The van der Waals surface area contributed by atoms with E-state index in [0.717, 1.165) is 22.3 Å². The standard InChI is InChI=1S/C20H19NO4/c1-12-5-4-6-15-11-17(20(23)25-18(12)15)19(22)21-13(2)14-7-9-16(24-3)10-8-14/h4-11,13H,1-3H3,(H,21,22)/t13-/m0/s1. The molecule has 1 aromatic heterocycles. The normalized spacial score (nSPS) is 12.0. The molecule has 5 heteroatoms. The second-order valence-corrected chi connectivity index (χ2v) is 5.91. The molecule has 2 aromatic carbocycles. The molecule has 1 N–H and O–H groups in total. The van der Waals surface area contributed by atoms with Crippen molar-refractivity contribution in [3.05, 3.63) is 75.6 Å². The second-order valence-electron chi connectivity index (χ2n) is 5.91. The Hall–Kier alpha value is -3.08. The predicted molar refractivity (Wildman–Crippen MR) is 96.1 cm³/mol. The van der Waals surface area contributed by atoms with Gasteiger partial charge in [0.1, 0.15) is 16.9 Å². The molecule has 0 unspecified atom stereocenters. The van der Waals surface area contributed by atoms with E-state index in [9.17, 15) is 9.59 Å². The largest absolute Gasteiger partial charge is 0.497 e. The van der Waals surface area contributed by atoms with Crippen molar-refractivity contribution in [2.45, 2.75) is 19.9 Å². The molecule has 25 heavy (non-hydrogen) atoms. The molecule has 128 valence electrons. The van der Waals surface area contributed by atoms with Gasteiger partial charge in [-0.25, -0.2) is 4.79 Å². The van der Waals surface area contributed by atoms with E-state index in [1.807, 2.05) is 56.3 Å². The molecule has 1 atom stereocenters. The molecule has 3 rings (SSSR count). The number of aryl methyl sites for hydroxylation is 1. The summed E-state index contributed by atoms with van der Waals surface area (Å²) >= 11 is 0. The van der Waals surface area contributed by atoms with Gasteiger partial charge in [0.2, 0.25) is 0 Å². The number of ether oxygens (including phenoxy) is 1. The van der Waals surface area contributed by atoms with Gasteiger partial charge in [0.15, 0.2) is 0 Å². The number of para-hydroxylation sites is 1. The van der Waals surface area contributed by atoms with E-state index in [1.165, 1.54) is 0 Å². The van der Waals surface area contributed by atoms with Crippen LogP contribution in [0.2, 0.25) is 0 Å². The van der Waals surface area contributed by atoms with Crippen molar-refractivity contribution in [2.75, 3.05) is 7.11 Å². The van der Waals surface area contributed by atoms with E-state index in [4.69, 9.17) is 9.15 Å². The summed E-state index contributed by atoms with van der Waals surface area (Å²) in [6, 6.07) is 14.2. The predicted octanol–water partition coefficient (Wildman–Crippen LogP) is 3.60. The fourth-order valence-electron chi connectivity index (χ4n) is 2.70. The second kappa shape index (κ2) is 6.81. The minimum atomic E-state index is -0.638. The number of rotatable bonds is 4. The molecule has 5 nitrogen and oxygen atoms in total. The van der Waals surface area contributed by atoms with Gasteiger partial charge in [-0.3, -0.25) is 4.79 Å². The van der Waals surface area contributed by atoms with Gasteiger partial charge in [0.25, 0.3) is 5.91 Å². The summed E-state index contributed by atoms with van der Waals surface area (Å²) in [6.45, 7) is 3.71. The first-order valence-electron chi connectivity index (χ1n) is 7.98. The molecule has 0 saturated carbocycles. The lowest BCUT2D eigenvalue weighted by atomic mass is 10.1. The van der Waals surface area contributed by atoms with Crippen molar-refractivity contribution in [1.29, 1.82) is 0 Å². The lowest BCUT2D eigenvalue weighted by Crippen LogP contribution is -2.30. The quantitative estimate of drug-likeness (QED) is 0.739. The molecule has 0 aliphatic carbocycles. The Morgan fingerprint density at radius 2 is 1.88 bits per heavy atom. The molecular weight excluding hydrogens is 318 g/mol. The van der Waals surface area contributed by atoms with E-state index in [-0.39, 0.29) is 11.6 Å². The highest BCUT2D eigenvalue weighted by Crippen LogP contribution is 2.19. The number of amides is 1. The third kappa shape index (κ3) is 3.40. The fraction of sp³-hybridized carbons (Fsp3) is 0.200. The van der Waals surface area contributed by atoms with Gasteiger partial charge in [-0.1, -0.05) is 30.3 Å². The van der Waals surface area contributed by atoms with Crippen LogP contribution in [0.3, 0.4) is 0 Å². The Labute approximate surface area is 145 Å². The molecule has 3 aromatic rings. The number of benzene rings is 2. The van der Waals surface area contributed by atoms with Crippen LogP contribution in [-0.4, -0.2) is 13.0 Å². The minimum absolute atomic E-state index is 0.00142. The van der Waals surface area contributed by atoms with E-state index in [2.05, 4.69) is 5.32 Å². The Balaban J connectivity index is 1.86. The van der Waals surface area contributed by atoms with E-state index >= 15 is 0 Å². The molecular formula is C20H19NO4. The third-order valence-corrected chi connectivity index (χ3v) is 4.16. The van der Waals surface area contributed by atoms with Crippen LogP contribution in [0, 0.1) is 6.92 Å². The average molecular weight is 337 g/mol. The van der Waals surface area contributed by atoms with Gasteiger partial charge in [0, 0.05) is 5.39 Å². The molecule has 1 amide bonds. The number of hydrogen-bond acceptors (Lipinski definition) is 4. The lowest BCUT2D eigenvalue weighted by Gasteiger charge is -2.14. The molecule has 1 heterocycles. The smallest absolute Gasteiger partial charge is 0.349 e. The van der Waals surface area contributed by atoms with Crippen LogP contribution in [0.15, 0.2) is 57.7 Å². The van der Waals surface area contributed by atoms with Crippen molar-refractivity contribution in [3.8, 4) is 5.75 Å². The Kier molecular flexibility index (Phi) is 4.57. The van der Waals surface area contributed by atoms with Crippen LogP contribution >= 0.6 is 0 Å². The Bertz CT molecular complexity index is 973. The van der Waals surface area contributed by atoms with Gasteiger partial charge < -0.3 is 14.5 Å². The molecule has 0 aliphatic rings. The van der Waals surface area contributed by atoms with Gasteiger partial charge in [-0.15, -0.1) is 0 Å². The van der Waals surface area contributed by atoms with E-state index in [1.54, 1.807) is 13.2 Å². The maximum Gasteiger partial charge on any atom is 0.349 e. The van der Waals surface area contributed by atoms with Gasteiger partial charge in [0.05, 0.1) is 13.2 Å². The monoisotopic (exact) mass is 337 g/mol. The summed E-state index contributed by atoms with van der Waals surface area (Å²) in [5, 5.41) is 3.55. The minimum Gasteiger partial charge on any atom is -0.497 e. The van der Waals surface area contributed by atoms with Crippen LogP contribution in [-0.2, 0) is 0 Å². The van der Waals surface area contributed by atoms with Crippen LogP contribution in [0.5, 0.6) is 5.75 Å². The van der Waals surface area contributed by atoms with Crippen molar-refractivity contribution in [3.63, 3.8) is 0 Å². The number of hydrogen-bond donors (Lipinski definition) is 1. The van der Waals surface area contributed by atoms with Crippen LogP contribution in [0.1, 0.15) is 34.5 Å². The molecule has 0 fully saturated rings. The first kappa shape index (κ1) is 16.8. The molecule has 0 bridgehead atoms. The van der Waals surface area contributed by atoms with Gasteiger partial charge >= 0.3 is 5.63 Å². The highest BCUT2D eigenvalue weighted by atomic mass is 16.5. The Morgan fingerprint density at radius 1 is 1.16 bits per heavy atom. The zero-order chi connectivity index (χ0) is 18.0. The number of nitrogens with one attached hydrogen (secondary N) is 1. The van der Waals surface area contributed by atoms with Crippen molar-refractivity contribution in [1.82, 2.24) is 5.32 Å². The summed E-state index contributed by atoms with van der Waals surface area (Å²) in [7, 11) is 1.60. The lowest BCUT2D eigenvalue weighted by molar-refractivity contribution is 0.0936. The third-order valence-electron chi connectivity index (χ3n) is 4.16. The van der Waals surface area contributed by atoms with Gasteiger partial charge in [-0.2, -0.15) is 0 Å². The summed E-state index contributed by atoms with van der Waals surface area (Å²) in [6.07, 6.45) is 0. The van der Waals surface area contributed by atoms with Gasteiger partial charge in [-0.05, 0) is 43.2 Å². The summed E-state index contributed by atoms with van der Waals surface area (Å²) < 4.78 is 10.5. The van der Waals surface area contributed by atoms with E-state index in [0.29, 0.717) is 5.58 Å². The number of methoxy groups -OCH3 is 1. The van der Waals surface area contributed by atoms with Crippen molar-refractivity contribution in [2.24, 2.45) is 0 Å². The Morgan fingerprint density at radius 3 is 2.56 bits per heavy atom. The highest BCUT2D eigenvalue weighted by molar-refractivity contribution is 5.97. The molecule has 0 saturated heterocycles. The first-order chi connectivity index (χ1) is 12.0. The SMILES string of the molecule is COc1ccc([C@H](C)NC(=O)c2cc3cccc(C)c3oc2=O)cc1. The van der Waals surface area contributed by atoms with Crippen LogP contribution in [0.4, 0.5) is 0 Å². The number of fused-ring (bicyclic) bond motifs is 1. The summed E-state index contributed by atoms with van der Waals surface area (Å²) in [4.78, 5) is 24.7.